The molecule has 146 valence electrons. The standard InChI is InChI=1S/C24H15ClN2O3/c25-16-7-5-15(6-8-16)22-12-10-18(29-22)14-26-17-9-11-21(28)19(13-17)24-27-20-3-1-2-4-23(20)30-24/h1-14,28H. The summed E-state index contributed by atoms with van der Waals surface area (Å²) in [5.41, 5.74) is 3.43. The van der Waals surface area contributed by atoms with Gasteiger partial charge in [0.25, 0.3) is 0 Å². The zero-order valence-electron chi connectivity index (χ0n) is 15.6. The molecule has 3 aromatic carbocycles. The summed E-state index contributed by atoms with van der Waals surface area (Å²) in [5, 5.41) is 10.9. The van der Waals surface area contributed by atoms with E-state index in [0.29, 0.717) is 33.5 Å². The number of phenolic OH excluding ortho intramolecular Hbond substituents is 1. The fraction of sp³-hybridized carbons (Fsp3) is 0. The van der Waals surface area contributed by atoms with Gasteiger partial charge in [-0.3, -0.25) is 4.99 Å². The predicted octanol–water partition coefficient (Wildman–Crippen LogP) is 6.86. The molecule has 0 aliphatic rings. The van der Waals surface area contributed by atoms with Gasteiger partial charge in [0.05, 0.1) is 17.5 Å². The molecule has 0 radical (unpaired) electrons. The van der Waals surface area contributed by atoms with E-state index in [2.05, 4.69) is 9.98 Å². The van der Waals surface area contributed by atoms with E-state index >= 15 is 0 Å². The molecule has 2 aromatic heterocycles. The number of phenols is 1. The maximum Gasteiger partial charge on any atom is 0.231 e. The molecule has 0 aliphatic heterocycles. The minimum absolute atomic E-state index is 0.0727. The average molecular weight is 415 g/mol. The second-order valence-corrected chi connectivity index (χ2v) is 7.09. The highest BCUT2D eigenvalue weighted by molar-refractivity contribution is 6.30. The zero-order valence-corrected chi connectivity index (χ0v) is 16.4. The molecule has 0 bridgehead atoms. The van der Waals surface area contributed by atoms with Gasteiger partial charge in [0, 0.05) is 10.6 Å². The van der Waals surface area contributed by atoms with Crippen molar-refractivity contribution in [1.29, 1.82) is 0 Å². The second kappa shape index (κ2) is 7.54. The number of aliphatic imine (C=N–C) groups is 1. The van der Waals surface area contributed by atoms with Gasteiger partial charge >= 0.3 is 0 Å². The lowest BCUT2D eigenvalue weighted by molar-refractivity contribution is 0.474. The largest absolute Gasteiger partial charge is 0.507 e. The van der Waals surface area contributed by atoms with Gasteiger partial charge in [-0.05, 0) is 66.7 Å². The highest BCUT2D eigenvalue weighted by Crippen LogP contribution is 2.34. The first-order valence-corrected chi connectivity index (χ1v) is 9.62. The van der Waals surface area contributed by atoms with Gasteiger partial charge in [0.15, 0.2) is 5.58 Å². The van der Waals surface area contributed by atoms with Crippen LogP contribution < -0.4 is 0 Å². The van der Waals surface area contributed by atoms with E-state index in [1.165, 1.54) is 0 Å². The van der Waals surface area contributed by atoms with Crippen molar-refractivity contribution in [3.05, 3.63) is 89.6 Å². The van der Waals surface area contributed by atoms with Crippen LogP contribution in [0.2, 0.25) is 5.02 Å². The summed E-state index contributed by atoms with van der Waals surface area (Å²) in [6, 6.07) is 23.6. The van der Waals surface area contributed by atoms with Crippen molar-refractivity contribution in [3.63, 3.8) is 0 Å². The molecule has 5 rings (SSSR count). The minimum Gasteiger partial charge on any atom is -0.507 e. The van der Waals surface area contributed by atoms with Gasteiger partial charge in [0.1, 0.15) is 22.8 Å². The quantitative estimate of drug-likeness (QED) is 0.326. The van der Waals surface area contributed by atoms with E-state index < -0.39 is 0 Å². The normalized spacial score (nSPS) is 11.5. The lowest BCUT2D eigenvalue weighted by atomic mass is 10.2. The number of aromatic nitrogens is 1. The molecule has 0 fully saturated rings. The van der Waals surface area contributed by atoms with Crippen LogP contribution in [0, 0.1) is 0 Å². The number of rotatable bonds is 4. The fourth-order valence-corrected chi connectivity index (χ4v) is 3.22. The molecule has 0 amide bonds. The first-order chi connectivity index (χ1) is 14.7. The smallest absolute Gasteiger partial charge is 0.231 e. The monoisotopic (exact) mass is 414 g/mol. The van der Waals surface area contributed by atoms with Crippen LogP contribution in [-0.4, -0.2) is 16.3 Å². The molecule has 2 heterocycles. The molecule has 30 heavy (non-hydrogen) atoms. The summed E-state index contributed by atoms with van der Waals surface area (Å²) in [6.45, 7) is 0. The van der Waals surface area contributed by atoms with E-state index in [4.69, 9.17) is 20.4 Å². The van der Waals surface area contributed by atoms with E-state index in [9.17, 15) is 5.11 Å². The molecule has 5 aromatic rings. The van der Waals surface area contributed by atoms with Crippen LogP contribution in [0.15, 0.2) is 92.7 Å². The first kappa shape index (κ1) is 18.2. The number of halogens is 1. The molecule has 0 unspecified atom stereocenters. The number of hydrogen-bond donors (Lipinski definition) is 1. The number of fused-ring (bicyclic) bond motifs is 1. The third-order valence-corrected chi connectivity index (χ3v) is 4.85. The second-order valence-electron chi connectivity index (χ2n) is 6.66. The van der Waals surface area contributed by atoms with Crippen LogP contribution in [0.25, 0.3) is 33.9 Å². The highest BCUT2D eigenvalue weighted by Gasteiger charge is 2.13. The van der Waals surface area contributed by atoms with Crippen LogP contribution in [-0.2, 0) is 0 Å². The molecule has 0 spiro atoms. The third-order valence-electron chi connectivity index (χ3n) is 4.60. The molecule has 0 aliphatic carbocycles. The number of aromatic hydroxyl groups is 1. The number of para-hydroxylation sites is 2. The van der Waals surface area contributed by atoms with Crippen molar-refractivity contribution in [2.75, 3.05) is 0 Å². The predicted molar refractivity (Wildman–Crippen MR) is 118 cm³/mol. The Bertz CT molecular complexity index is 1330. The van der Waals surface area contributed by atoms with Crippen molar-refractivity contribution in [1.82, 2.24) is 4.98 Å². The van der Waals surface area contributed by atoms with Gasteiger partial charge in [-0.15, -0.1) is 0 Å². The van der Waals surface area contributed by atoms with Crippen molar-refractivity contribution < 1.29 is 13.9 Å². The molecule has 0 saturated carbocycles. The molecular formula is C24H15ClN2O3. The summed E-state index contributed by atoms with van der Waals surface area (Å²) in [4.78, 5) is 8.90. The third kappa shape index (κ3) is 3.58. The van der Waals surface area contributed by atoms with E-state index in [1.807, 2.05) is 60.7 Å². The van der Waals surface area contributed by atoms with Gasteiger partial charge in [-0.1, -0.05) is 23.7 Å². The highest BCUT2D eigenvalue weighted by atomic mass is 35.5. The maximum atomic E-state index is 10.3. The molecule has 0 atom stereocenters. The van der Waals surface area contributed by atoms with Crippen LogP contribution in [0.1, 0.15) is 5.76 Å². The van der Waals surface area contributed by atoms with Gasteiger partial charge in [-0.25, -0.2) is 4.98 Å². The van der Waals surface area contributed by atoms with Gasteiger partial charge < -0.3 is 13.9 Å². The van der Waals surface area contributed by atoms with Crippen molar-refractivity contribution in [3.8, 4) is 28.5 Å². The molecule has 0 saturated heterocycles. The topological polar surface area (TPSA) is 71.8 Å². The number of nitrogens with zero attached hydrogens (tertiary/aromatic N) is 2. The summed E-state index contributed by atoms with van der Waals surface area (Å²) in [7, 11) is 0. The van der Waals surface area contributed by atoms with Crippen LogP contribution in [0.3, 0.4) is 0 Å². The molecular weight excluding hydrogens is 400 g/mol. The lowest BCUT2D eigenvalue weighted by Crippen LogP contribution is -1.80. The van der Waals surface area contributed by atoms with E-state index in [1.54, 1.807) is 24.4 Å². The average Bonchev–Trinajstić information content (AvgIpc) is 3.41. The van der Waals surface area contributed by atoms with Crippen LogP contribution >= 0.6 is 11.6 Å². The summed E-state index contributed by atoms with van der Waals surface area (Å²) >= 11 is 5.93. The fourth-order valence-electron chi connectivity index (χ4n) is 3.09. The number of hydrogen-bond acceptors (Lipinski definition) is 5. The molecule has 6 heteroatoms. The van der Waals surface area contributed by atoms with Crippen molar-refractivity contribution >= 4 is 34.6 Å². The SMILES string of the molecule is Oc1ccc(N=Cc2ccc(-c3ccc(Cl)cc3)o2)cc1-c1nc2ccccc2o1. The number of benzene rings is 3. The van der Waals surface area contributed by atoms with Crippen LogP contribution in [0.5, 0.6) is 5.75 Å². The molecule has 1 N–H and O–H groups in total. The van der Waals surface area contributed by atoms with E-state index in [-0.39, 0.29) is 5.75 Å². The number of oxazole rings is 1. The minimum atomic E-state index is 0.0727. The zero-order chi connectivity index (χ0) is 20.5. The Balaban J connectivity index is 1.42. The Kier molecular flexibility index (Phi) is 4.58. The summed E-state index contributed by atoms with van der Waals surface area (Å²) in [5.74, 6) is 1.75. The first-order valence-electron chi connectivity index (χ1n) is 9.24. The van der Waals surface area contributed by atoms with Gasteiger partial charge in [-0.2, -0.15) is 0 Å². The van der Waals surface area contributed by atoms with Crippen molar-refractivity contribution in [2.45, 2.75) is 0 Å². The summed E-state index contributed by atoms with van der Waals surface area (Å²) < 4.78 is 11.6. The van der Waals surface area contributed by atoms with Crippen molar-refractivity contribution in [2.24, 2.45) is 4.99 Å². The Morgan fingerprint density at radius 3 is 2.57 bits per heavy atom. The Hall–Kier alpha value is -3.83. The van der Waals surface area contributed by atoms with Gasteiger partial charge in [0.2, 0.25) is 5.89 Å². The Morgan fingerprint density at radius 2 is 1.73 bits per heavy atom. The summed E-state index contributed by atoms with van der Waals surface area (Å²) in [6.07, 6.45) is 1.63. The lowest BCUT2D eigenvalue weighted by Gasteiger charge is -2.01. The Labute approximate surface area is 176 Å². The van der Waals surface area contributed by atoms with Crippen LogP contribution in [0.4, 0.5) is 5.69 Å². The molecule has 5 nitrogen and oxygen atoms in total. The maximum absolute atomic E-state index is 10.3. The number of furan rings is 1. The Morgan fingerprint density at radius 1 is 0.900 bits per heavy atom. The van der Waals surface area contributed by atoms with E-state index in [0.717, 1.165) is 16.8 Å².